The molecule has 1 aliphatic carbocycles. The third kappa shape index (κ3) is 4.63. The molecule has 3 nitrogen and oxygen atoms in total. The minimum Gasteiger partial charge on any atom is -0.480 e. The number of rotatable bonds is 6. The van der Waals surface area contributed by atoms with Gasteiger partial charge in [-0.25, -0.2) is 0 Å². The molecule has 1 aromatic carbocycles. The van der Waals surface area contributed by atoms with Gasteiger partial charge in [0.15, 0.2) is 0 Å². The molecule has 116 valence electrons. The fourth-order valence-electron chi connectivity index (χ4n) is 3.39. The van der Waals surface area contributed by atoms with Crippen LogP contribution >= 0.6 is 11.6 Å². The highest BCUT2D eigenvalue weighted by Gasteiger charge is 2.27. The third-order valence-electron chi connectivity index (χ3n) is 4.40. The molecule has 1 aromatic rings. The maximum Gasteiger partial charge on any atom is 0.323 e. The van der Waals surface area contributed by atoms with Gasteiger partial charge in [-0.2, -0.15) is 0 Å². The van der Waals surface area contributed by atoms with Gasteiger partial charge >= 0.3 is 5.97 Å². The summed E-state index contributed by atoms with van der Waals surface area (Å²) in [4.78, 5) is 13.2. The van der Waals surface area contributed by atoms with E-state index in [0.717, 1.165) is 24.4 Å². The molecule has 2 rings (SSSR count). The number of halogens is 1. The zero-order chi connectivity index (χ0) is 15.2. The minimum atomic E-state index is -0.786. The first kappa shape index (κ1) is 16.2. The molecule has 1 aliphatic rings. The molecule has 0 saturated heterocycles. The lowest BCUT2D eigenvalue weighted by Gasteiger charge is -2.37. The van der Waals surface area contributed by atoms with Crippen molar-refractivity contribution in [3.63, 3.8) is 0 Å². The van der Waals surface area contributed by atoms with Crippen LogP contribution in [-0.4, -0.2) is 23.7 Å². The largest absolute Gasteiger partial charge is 0.480 e. The summed E-state index contributed by atoms with van der Waals surface area (Å²) < 4.78 is 0. The first-order valence-electron chi connectivity index (χ1n) is 7.84. The van der Waals surface area contributed by atoms with E-state index in [1.54, 1.807) is 0 Å². The molecule has 0 aromatic heterocycles. The van der Waals surface area contributed by atoms with Crippen molar-refractivity contribution in [3.05, 3.63) is 29.3 Å². The molecule has 0 atom stereocenters. The van der Waals surface area contributed by atoms with Crippen molar-refractivity contribution in [2.45, 2.75) is 51.5 Å². The average Bonchev–Trinajstić information content (AvgIpc) is 2.46. The van der Waals surface area contributed by atoms with E-state index in [1.165, 1.54) is 25.7 Å². The Hall–Kier alpha value is -1.22. The summed E-state index contributed by atoms with van der Waals surface area (Å²) in [5, 5.41) is 9.86. The van der Waals surface area contributed by atoms with E-state index in [1.807, 2.05) is 29.2 Å². The second-order valence-corrected chi connectivity index (χ2v) is 6.40. The Kier molecular flexibility index (Phi) is 5.92. The second kappa shape index (κ2) is 7.69. The van der Waals surface area contributed by atoms with Gasteiger partial charge in [0, 0.05) is 16.8 Å². The number of hydrogen-bond donors (Lipinski definition) is 1. The van der Waals surface area contributed by atoms with E-state index in [0.29, 0.717) is 11.1 Å². The lowest BCUT2D eigenvalue weighted by atomic mass is 9.83. The van der Waals surface area contributed by atoms with Crippen molar-refractivity contribution in [1.82, 2.24) is 0 Å². The third-order valence-corrected chi connectivity index (χ3v) is 4.63. The van der Waals surface area contributed by atoms with Gasteiger partial charge in [-0.15, -0.1) is 0 Å². The van der Waals surface area contributed by atoms with E-state index in [-0.39, 0.29) is 6.54 Å². The number of carboxylic acid groups (broad SMARTS) is 1. The van der Waals surface area contributed by atoms with E-state index < -0.39 is 5.97 Å². The highest BCUT2D eigenvalue weighted by atomic mass is 35.5. The summed E-state index contributed by atoms with van der Waals surface area (Å²) in [6.07, 6.45) is 7.09. The van der Waals surface area contributed by atoms with E-state index in [9.17, 15) is 9.90 Å². The molecule has 1 N–H and O–H groups in total. The van der Waals surface area contributed by atoms with Crippen molar-refractivity contribution >= 4 is 23.3 Å². The average molecular weight is 310 g/mol. The maximum atomic E-state index is 11.2. The second-order valence-electron chi connectivity index (χ2n) is 5.96. The zero-order valence-corrected chi connectivity index (χ0v) is 13.4. The number of carboxylic acids is 1. The predicted molar refractivity (Wildman–Crippen MR) is 87.1 cm³/mol. The quantitative estimate of drug-likeness (QED) is 0.835. The number of nitrogens with zero attached hydrogens (tertiary/aromatic N) is 1. The molecular weight excluding hydrogens is 286 g/mol. The Morgan fingerprint density at radius 1 is 1.33 bits per heavy atom. The minimum absolute atomic E-state index is 0.0451. The molecule has 0 radical (unpaired) electrons. The van der Waals surface area contributed by atoms with Gasteiger partial charge < -0.3 is 10.0 Å². The first-order valence-corrected chi connectivity index (χ1v) is 8.22. The Morgan fingerprint density at radius 2 is 2.05 bits per heavy atom. The number of anilines is 1. The molecule has 21 heavy (non-hydrogen) atoms. The SMILES string of the molecule is CCCC1CCC(N(CC(=O)O)c2cccc(Cl)c2)CC1. The van der Waals surface area contributed by atoms with E-state index >= 15 is 0 Å². The van der Waals surface area contributed by atoms with Crippen LogP contribution in [0.15, 0.2) is 24.3 Å². The summed E-state index contributed by atoms with van der Waals surface area (Å²) in [7, 11) is 0. The van der Waals surface area contributed by atoms with Crippen LogP contribution in [0.25, 0.3) is 0 Å². The van der Waals surface area contributed by atoms with Crippen LogP contribution in [0.1, 0.15) is 45.4 Å². The van der Waals surface area contributed by atoms with Crippen molar-refractivity contribution < 1.29 is 9.90 Å². The van der Waals surface area contributed by atoms with E-state index in [2.05, 4.69) is 6.92 Å². The van der Waals surface area contributed by atoms with Gasteiger partial charge in [0.1, 0.15) is 6.54 Å². The van der Waals surface area contributed by atoms with Crippen LogP contribution in [0.3, 0.4) is 0 Å². The van der Waals surface area contributed by atoms with Crippen LogP contribution in [0.4, 0.5) is 5.69 Å². The van der Waals surface area contributed by atoms with Crippen molar-refractivity contribution in [2.24, 2.45) is 5.92 Å². The summed E-state index contributed by atoms with van der Waals surface area (Å²) >= 11 is 6.05. The first-order chi connectivity index (χ1) is 10.1. The Balaban J connectivity index is 2.08. The van der Waals surface area contributed by atoms with Crippen molar-refractivity contribution in [2.75, 3.05) is 11.4 Å². The fraction of sp³-hybridized carbons (Fsp3) is 0.588. The van der Waals surface area contributed by atoms with Crippen LogP contribution < -0.4 is 4.90 Å². The lowest BCUT2D eigenvalue weighted by Crippen LogP contribution is -2.41. The molecule has 0 amide bonds. The van der Waals surface area contributed by atoms with Gasteiger partial charge in [0.05, 0.1) is 0 Å². The molecule has 0 heterocycles. The fourth-order valence-corrected chi connectivity index (χ4v) is 3.57. The van der Waals surface area contributed by atoms with Gasteiger partial charge in [0.2, 0.25) is 0 Å². The summed E-state index contributed by atoms with van der Waals surface area (Å²) in [5.74, 6) is 0.0305. The van der Waals surface area contributed by atoms with Gasteiger partial charge in [-0.3, -0.25) is 4.79 Å². The molecule has 0 bridgehead atoms. The lowest BCUT2D eigenvalue weighted by molar-refractivity contribution is -0.135. The highest BCUT2D eigenvalue weighted by Crippen LogP contribution is 2.33. The molecule has 4 heteroatoms. The Labute approximate surface area is 131 Å². The number of aliphatic carboxylic acids is 1. The Morgan fingerprint density at radius 3 is 2.62 bits per heavy atom. The number of hydrogen-bond acceptors (Lipinski definition) is 2. The normalized spacial score (nSPS) is 22.0. The van der Waals surface area contributed by atoms with Crippen molar-refractivity contribution in [1.29, 1.82) is 0 Å². The zero-order valence-electron chi connectivity index (χ0n) is 12.6. The van der Waals surface area contributed by atoms with Crippen LogP contribution in [0.5, 0.6) is 0 Å². The number of benzene rings is 1. The molecule has 0 unspecified atom stereocenters. The Bertz CT molecular complexity index is 470. The highest BCUT2D eigenvalue weighted by molar-refractivity contribution is 6.30. The van der Waals surface area contributed by atoms with Gasteiger partial charge in [-0.05, 0) is 49.8 Å². The number of carbonyl (C=O) groups is 1. The van der Waals surface area contributed by atoms with Crippen LogP contribution in [0.2, 0.25) is 5.02 Å². The summed E-state index contributed by atoms with van der Waals surface area (Å²) in [5.41, 5.74) is 0.920. The van der Waals surface area contributed by atoms with Crippen LogP contribution in [-0.2, 0) is 4.79 Å². The topological polar surface area (TPSA) is 40.5 Å². The van der Waals surface area contributed by atoms with Gasteiger partial charge in [-0.1, -0.05) is 37.4 Å². The smallest absolute Gasteiger partial charge is 0.323 e. The maximum absolute atomic E-state index is 11.2. The molecule has 0 spiro atoms. The molecule has 1 saturated carbocycles. The summed E-state index contributed by atoms with van der Waals surface area (Å²) in [6.45, 7) is 2.28. The standard InChI is InChI=1S/C17H24ClNO2/c1-2-4-13-7-9-15(10-8-13)19(12-17(20)21)16-6-3-5-14(18)11-16/h3,5-6,11,13,15H,2,4,7-10,12H2,1H3,(H,20,21). The molecule has 0 aliphatic heterocycles. The van der Waals surface area contributed by atoms with Crippen LogP contribution in [0, 0.1) is 5.92 Å². The van der Waals surface area contributed by atoms with Crippen molar-refractivity contribution in [3.8, 4) is 0 Å². The molecule has 1 fully saturated rings. The van der Waals surface area contributed by atoms with Gasteiger partial charge in [0.25, 0.3) is 0 Å². The molecular formula is C17H24ClNO2. The summed E-state index contributed by atoms with van der Waals surface area (Å²) in [6, 6.07) is 7.83. The van der Waals surface area contributed by atoms with E-state index in [4.69, 9.17) is 11.6 Å². The predicted octanol–water partition coefficient (Wildman–Crippen LogP) is 4.59. The monoisotopic (exact) mass is 309 g/mol.